The molecule has 3 aromatic rings. The smallest absolute Gasteiger partial charge is 0.146 e. The lowest BCUT2D eigenvalue weighted by Gasteiger charge is -2.12. The van der Waals surface area contributed by atoms with Crippen molar-refractivity contribution in [2.45, 2.75) is 6.42 Å². The average molecular weight is 269 g/mol. The molecule has 0 saturated carbocycles. The molecule has 1 aliphatic rings. The summed E-state index contributed by atoms with van der Waals surface area (Å²) >= 11 is 0. The summed E-state index contributed by atoms with van der Waals surface area (Å²) in [4.78, 5) is 0. The number of ether oxygens (including phenoxy) is 1. The summed E-state index contributed by atoms with van der Waals surface area (Å²) in [6.07, 6.45) is 4.20. The number of hydrogen-bond acceptors (Lipinski definition) is 3. The van der Waals surface area contributed by atoms with Gasteiger partial charge in [0, 0.05) is 29.9 Å². The van der Waals surface area contributed by atoms with Gasteiger partial charge in [0.1, 0.15) is 11.6 Å². The first-order valence-corrected chi connectivity index (χ1v) is 6.41. The number of nitrogens with zero attached hydrogens (tertiary/aromatic N) is 2. The van der Waals surface area contributed by atoms with E-state index < -0.39 is 0 Å². The number of pyridine rings is 1. The summed E-state index contributed by atoms with van der Waals surface area (Å²) in [6.45, 7) is 0.560. The van der Waals surface area contributed by atoms with Crippen LogP contribution in [0.3, 0.4) is 0 Å². The molecule has 1 aromatic carbocycles. The topological polar surface area (TPSA) is 52.5 Å². The number of nitrogens with two attached hydrogens (primary N) is 1. The number of aromatic nitrogens is 2. The van der Waals surface area contributed by atoms with E-state index in [4.69, 9.17) is 10.5 Å². The molecule has 2 N–H and O–H groups in total. The van der Waals surface area contributed by atoms with E-state index in [-0.39, 0.29) is 5.82 Å². The van der Waals surface area contributed by atoms with Gasteiger partial charge in [-0.2, -0.15) is 5.10 Å². The summed E-state index contributed by atoms with van der Waals surface area (Å²) in [5.74, 6) is 0.311. The second-order valence-electron chi connectivity index (χ2n) is 4.85. The van der Waals surface area contributed by atoms with Crippen molar-refractivity contribution >= 4 is 11.2 Å². The van der Waals surface area contributed by atoms with Crippen LogP contribution in [0, 0.1) is 5.82 Å². The zero-order valence-corrected chi connectivity index (χ0v) is 10.6. The number of benzene rings is 1. The van der Waals surface area contributed by atoms with Gasteiger partial charge in [-0.1, -0.05) is 0 Å². The summed E-state index contributed by atoms with van der Waals surface area (Å²) < 4.78 is 21.6. The highest BCUT2D eigenvalue weighted by Gasteiger charge is 2.22. The summed E-state index contributed by atoms with van der Waals surface area (Å²) in [7, 11) is 0. The molecule has 0 amide bonds. The van der Waals surface area contributed by atoms with Crippen LogP contribution >= 0.6 is 0 Å². The van der Waals surface area contributed by atoms with Crippen molar-refractivity contribution in [3.63, 3.8) is 0 Å². The molecule has 0 aliphatic carbocycles. The van der Waals surface area contributed by atoms with Crippen LogP contribution < -0.4 is 10.5 Å². The van der Waals surface area contributed by atoms with Gasteiger partial charge in [-0.05, 0) is 29.8 Å². The lowest BCUT2D eigenvalue weighted by Crippen LogP contribution is -1.98. The van der Waals surface area contributed by atoms with Crippen LogP contribution in [0.2, 0.25) is 0 Å². The van der Waals surface area contributed by atoms with Gasteiger partial charge in [0.05, 0.1) is 17.8 Å². The van der Waals surface area contributed by atoms with Crippen molar-refractivity contribution in [3.8, 4) is 16.9 Å². The van der Waals surface area contributed by atoms with E-state index in [0.717, 1.165) is 16.6 Å². The fourth-order valence-corrected chi connectivity index (χ4v) is 2.70. The molecule has 0 bridgehead atoms. The molecule has 5 heteroatoms. The SMILES string of the molecule is Nc1c2c(cc(F)c1-c1ccn3nccc3c1)CCO2. The molecule has 0 saturated heterocycles. The van der Waals surface area contributed by atoms with Crippen molar-refractivity contribution in [2.75, 3.05) is 12.3 Å². The molecular formula is C15H12FN3O. The van der Waals surface area contributed by atoms with Crippen LogP contribution in [0.25, 0.3) is 16.6 Å². The Morgan fingerprint density at radius 1 is 1.30 bits per heavy atom. The number of hydrogen-bond donors (Lipinski definition) is 1. The minimum Gasteiger partial charge on any atom is -0.491 e. The van der Waals surface area contributed by atoms with Gasteiger partial charge in [0.25, 0.3) is 0 Å². The summed E-state index contributed by atoms with van der Waals surface area (Å²) in [5.41, 5.74) is 9.33. The standard InChI is InChI=1S/C15H12FN3O/c16-12-8-10-3-6-20-15(10)14(17)13(12)9-2-5-19-11(7-9)1-4-18-19/h1-2,4-5,7-8H,3,6,17H2. The Balaban J connectivity index is 1.97. The number of halogens is 1. The number of rotatable bonds is 1. The number of anilines is 1. The minimum atomic E-state index is -0.310. The maximum Gasteiger partial charge on any atom is 0.146 e. The van der Waals surface area contributed by atoms with Gasteiger partial charge < -0.3 is 10.5 Å². The molecule has 0 spiro atoms. The lowest BCUT2D eigenvalue weighted by molar-refractivity contribution is 0.358. The van der Waals surface area contributed by atoms with Crippen molar-refractivity contribution in [2.24, 2.45) is 0 Å². The second kappa shape index (κ2) is 3.96. The lowest BCUT2D eigenvalue weighted by atomic mass is 10.00. The van der Waals surface area contributed by atoms with Crippen LogP contribution in [0.4, 0.5) is 10.1 Å². The van der Waals surface area contributed by atoms with E-state index in [0.29, 0.717) is 30.0 Å². The Morgan fingerprint density at radius 2 is 2.20 bits per heavy atom. The van der Waals surface area contributed by atoms with Crippen LogP contribution in [-0.2, 0) is 6.42 Å². The maximum absolute atomic E-state index is 14.4. The second-order valence-corrected chi connectivity index (χ2v) is 4.85. The molecule has 2 aromatic heterocycles. The van der Waals surface area contributed by atoms with Gasteiger partial charge in [-0.25, -0.2) is 8.91 Å². The third kappa shape index (κ3) is 1.49. The van der Waals surface area contributed by atoms with Gasteiger partial charge >= 0.3 is 0 Å². The zero-order valence-electron chi connectivity index (χ0n) is 10.6. The fraction of sp³-hybridized carbons (Fsp3) is 0.133. The molecule has 4 nitrogen and oxygen atoms in total. The zero-order chi connectivity index (χ0) is 13.7. The molecule has 1 aliphatic heterocycles. The van der Waals surface area contributed by atoms with E-state index in [1.54, 1.807) is 23.0 Å². The van der Waals surface area contributed by atoms with Crippen molar-refractivity contribution in [1.82, 2.24) is 9.61 Å². The molecule has 0 unspecified atom stereocenters. The summed E-state index contributed by atoms with van der Waals surface area (Å²) in [5, 5.41) is 4.12. The highest BCUT2D eigenvalue weighted by molar-refractivity contribution is 5.84. The van der Waals surface area contributed by atoms with Gasteiger partial charge in [0.2, 0.25) is 0 Å². The Labute approximate surface area is 114 Å². The molecular weight excluding hydrogens is 257 g/mol. The number of fused-ring (bicyclic) bond motifs is 2. The van der Waals surface area contributed by atoms with Crippen molar-refractivity contribution in [3.05, 3.63) is 48.0 Å². The largest absolute Gasteiger partial charge is 0.491 e. The predicted octanol–water partition coefficient (Wildman–Crippen LogP) is 2.66. The van der Waals surface area contributed by atoms with Crippen LogP contribution in [0.5, 0.6) is 5.75 Å². The van der Waals surface area contributed by atoms with Crippen molar-refractivity contribution in [1.29, 1.82) is 0 Å². The quantitative estimate of drug-likeness (QED) is 0.691. The Kier molecular flexibility index (Phi) is 2.24. The minimum absolute atomic E-state index is 0.310. The summed E-state index contributed by atoms with van der Waals surface area (Å²) in [6, 6.07) is 7.05. The normalized spacial score (nSPS) is 13.4. The van der Waals surface area contributed by atoms with Gasteiger partial charge in [-0.15, -0.1) is 0 Å². The highest BCUT2D eigenvalue weighted by atomic mass is 19.1. The first-order valence-electron chi connectivity index (χ1n) is 6.41. The molecule has 100 valence electrons. The molecule has 4 rings (SSSR count). The molecule has 0 atom stereocenters. The highest BCUT2D eigenvalue weighted by Crippen LogP contribution is 2.41. The number of nitrogen functional groups attached to an aromatic ring is 1. The van der Waals surface area contributed by atoms with Gasteiger partial charge in [0.15, 0.2) is 0 Å². The van der Waals surface area contributed by atoms with E-state index in [1.807, 2.05) is 12.1 Å². The Morgan fingerprint density at radius 3 is 3.10 bits per heavy atom. The van der Waals surface area contributed by atoms with Crippen LogP contribution in [0.15, 0.2) is 36.7 Å². The molecule has 3 heterocycles. The first kappa shape index (κ1) is 11.3. The van der Waals surface area contributed by atoms with Gasteiger partial charge in [-0.3, -0.25) is 0 Å². The van der Waals surface area contributed by atoms with E-state index in [2.05, 4.69) is 5.10 Å². The van der Waals surface area contributed by atoms with E-state index in [1.165, 1.54) is 6.07 Å². The van der Waals surface area contributed by atoms with E-state index >= 15 is 0 Å². The molecule has 20 heavy (non-hydrogen) atoms. The Bertz CT molecular complexity index is 825. The monoisotopic (exact) mass is 269 g/mol. The Hall–Kier alpha value is -2.56. The fourth-order valence-electron chi connectivity index (χ4n) is 2.70. The average Bonchev–Trinajstić information content (AvgIpc) is 3.06. The molecule has 0 fully saturated rings. The molecule has 0 radical (unpaired) electrons. The predicted molar refractivity (Wildman–Crippen MR) is 74.2 cm³/mol. The first-order chi connectivity index (χ1) is 9.74. The van der Waals surface area contributed by atoms with Crippen LogP contribution in [0.1, 0.15) is 5.56 Å². The van der Waals surface area contributed by atoms with Crippen LogP contribution in [-0.4, -0.2) is 16.2 Å². The van der Waals surface area contributed by atoms with E-state index in [9.17, 15) is 4.39 Å². The van der Waals surface area contributed by atoms with Crippen molar-refractivity contribution < 1.29 is 9.13 Å². The maximum atomic E-state index is 14.4. The third-order valence-corrected chi connectivity index (χ3v) is 3.65. The third-order valence-electron chi connectivity index (χ3n) is 3.65.